The highest BCUT2D eigenvalue weighted by molar-refractivity contribution is 6.30. The molecule has 2 aliphatic rings. The van der Waals surface area contributed by atoms with E-state index in [4.69, 9.17) is 11.6 Å². The minimum absolute atomic E-state index is 0.0844. The van der Waals surface area contributed by atoms with Crippen LogP contribution in [0.4, 0.5) is 0 Å². The summed E-state index contributed by atoms with van der Waals surface area (Å²) in [7, 11) is 0. The van der Waals surface area contributed by atoms with Gasteiger partial charge in [0, 0.05) is 24.3 Å². The Kier molecular flexibility index (Phi) is 2.46. The number of rotatable bonds is 1. The Morgan fingerprint density at radius 2 is 2.00 bits per heavy atom. The van der Waals surface area contributed by atoms with E-state index in [2.05, 4.69) is 5.32 Å². The molecule has 1 aromatic carbocycles. The Bertz CT molecular complexity index is 679. The molecule has 102 valence electrons. The van der Waals surface area contributed by atoms with E-state index in [1.54, 1.807) is 0 Å². The van der Waals surface area contributed by atoms with E-state index >= 15 is 0 Å². The van der Waals surface area contributed by atoms with E-state index in [0.29, 0.717) is 5.02 Å². The fraction of sp³-hybridized carbons (Fsp3) is 0.267. The first-order chi connectivity index (χ1) is 9.71. The summed E-state index contributed by atoms with van der Waals surface area (Å²) < 4.78 is 2.02. The SMILES string of the molecule is O=C1c2cccn2CC2(c3ccc(Cl)cc3)NCCN12. The maximum absolute atomic E-state index is 12.6. The highest BCUT2D eigenvalue weighted by atomic mass is 35.5. The topological polar surface area (TPSA) is 37.3 Å². The molecule has 1 N–H and O–H groups in total. The van der Waals surface area contributed by atoms with E-state index in [1.807, 2.05) is 52.1 Å². The molecule has 0 saturated carbocycles. The molecule has 0 bridgehead atoms. The second-order valence-corrected chi connectivity index (χ2v) is 5.71. The number of nitrogens with zero attached hydrogens (tertiary/aromatic N) is 2. The molecule has 0 spiro atoms. The third-order valence-corrected chi connectivity index (χ3v) is 4.48. The van der Waals surface area contributed by atoms with Crippen LogP contribution in [0.3, 0.4) is 0 Å². The lowest BCUT2D eigenvalue weighted by Gasteiger charge is -2.43. The standard InChI is InChI=1S/C15H14ClN3O/c16-12-5-3-11(4-6-12)15-10-18-8-1-2-13(18)14(20)19(15)9-7-17-15/h1-6,8,17H,7,9-10H2. The van der Waals surface area contributed by atoms with Crippen LogP contribution in [0.25, 0.3) is 0 Å². The summed E-state index contributed by atoms with van der Waals surface area (Å²) in [5.41, 5.74) is 1.39. The molecule has 1 saturated heterocycles. The largest absolute Gasteiger partial charge is 0.339 e. The van der Waals surface area contributed by atoms with Crippen molar-refractivity contribution in [3.05, 3.63) is 58.9 Å². The molecule has 1 aromatic heterocycles. The number of fused-ring (bicyclic) bond motifs is 2. The quantitative estimate of drug-likeness (QED) is 0.872. The summed E-state index contributed by atoms with van der Waals surface area (Å²) in [6.45, 7) is 2.26. The van der Waals surface area contributed by atoms with Gasteiger partial charge in [0.1, 0.15) is 11.4 Å². The predicted molar refractivity (Wildman–Crippen MR) is 76.6 cm³/mol. The first-order valence-electron chi connectivity index (χ1n) is 6.69. The van der Waals surface area contributed by atoms with Crippen LogP contribution < -0.4 is 5.32 Å². The molecule has 0 radical (unpaired) electrons. The van der Waals surface area contributed by atoms with Crippen molar-refractivity contribution in [1.82, 2.24) is 14.8 Å². The zero-order chi connectivity index (χ0) is 13.7. The van der Waals surface area contributed by atoms with Crippen molar-refractivity contribution < 1.29 is 4.79 Å². The van der Waals surface area contributed by atoms with Gasteiger partial charge in [-0.2, -0.15) is 0 Å². The molecule has 2 aliphatic heterocycles. The summed E-state index contributed by atoms with van der Waals surface area (Å²) in [5.74, 6) is 0.0844. The normalized spacial score (nSPS) is 24.6. The lowest BCUT2D eigenvalue weighted by Crippen LogP contribution is -2.57. The molecule has 4 nitrogen and oxygen atoms in total. The minimum atomic E-state index is -0.451. The second kappa shape index (κ2) is 4.11. The van der Waals surface area contributed by atoms with Crippen molar-refractivity contribution in [1.29, 1.82) is 0 Å². The number of halogens is 1. The van der Waals surface area contributed by atoms with Crippen LogP contribution in [0.2, 0.25) is 5.02 Å². The lowest BCUT2D eigenvalue weighted by molar-refractivity contribution is 0.0398. The van der Waals surface area contributed by atoms with E-state index < -0.39 is 5.66 Å². The molecular formula is C15H14ClN3O. The number of aromatic nitrogens is 1. The van der Waals surface area contributed by atoms with Crippen LogP contribution in [-0.2, 0) is 12.2 Å². The summed E-state index contributed by atoms with van der Waals surface area (Å²) in [5, 5.41) is 4.22. The van der Waals surface area contributed by atoms with E-state index in [0.717, 1.165) is 30.9 Å². The molecule has 1 unspecified atom stereocenters. The molecule has 4 rings (SSSR count). The third-order valence-electron chi connectivity index (χ3n) is 4.23. The Labute approximate surface area is 121 Å². The summed E-state index contributed by atoms with van der Waals surface area (Å²) in [6.07, 6.45) is 1.96. The molecule has 1 amide bonds. The lowest BCUT2D eigenvalue weighted by atomic mass is 9.96. The van der Waals surface area contributed by atoms with E-state index in [1.165, 1.54) is 0 Å². The van der Waals surface area contributed by atoms with Gasteiger partial charge < -0.3 is 9.47 Å². The zero-order valence-electron chi connectivity index (χ0n) is 10.8. The molecule has 5 heteroatoms. The number of hydrogen-bond donors (Lipinski definition) is 1. The Hall–Kier alpha value is -1.78. The molecule has 2 aromatic rings. The maximum atomic E-state index is 12.6. The van der Waals surface area contributed by atoms with Crippen LogP contribution in [0.5, 0.6) is 0 Å². The van der Waals surface area contributed by atoms with Crippen LogP contribution in [0.15, 0.2) is 42.6 Å². The Morgan fingerprint density at radius 1 is 1.20 bits per heavy atom. The van der Waals surface area contributed by atoms with Crippen LogP contribution in [0.1, 0.15) is 16.1 Å². The molecule has 1 atom stereocenters. The van der Waals surface area contributed by atoms with E-state index in [9.17, 15) is 4.79 Å². The summed E-state index contributed by atoms with van der Waals surface area (Å²) in [6, 6.07) is 11.5. The predicted octanol–water partition coefficient (Wildman–Crippen LogP) is 2.05. The van der Waals surface area contributed by atoms with Gasteiger partial charge in [-0.25, -0.2) is 0 Å². The average molecular weight is 288 g/mol. The van der Waals surface area contributed by atoms with Gasteiger partial charge in [0.15, 0.2) is 0 Å². The number of hydrogen-bond acceptors (Lipinski definition) is 2. The Balaban J connectivity index is 1.87. The molecule has 3 heterocycles. The monoisotopic (exact) mass is 287 g/mol. The number of amides is 1. The van der Waals surface area contributed by atoms with Crippen molar-refractivity contribution in [3.8, 4) is 0 Å². The Morgan fingerprint density at radius 3 is 2.80 bits per heavy atom. The van der Waals surface area contributed by atoms with Gasteiger partial charge in [-0.15, -0.1) is 0 Å². The van der Waals surface area contributed by atoms with Gasteiger partial charge in [-0.05, 0) is 29.8 Å². The second-order valence-electron chi connectivity index (χ2n) is 5.27. The van der Waals surface area contributed by atoms with Crippen molar-refractivity contribution in [2.45, 2.75) is 12.2 Å². The zero-order valence-corrected chi connectivity index (χ0v) is 11.6. The number of nitrogens with one attached hydrogen (secondary N) is 1. The van der Waals surface area contributed by atoms with Crippen LogP contribution >= 0.6 is 11.6 Å². The molecule has 20 heavy (non-hydrogen) atoms. The van der Waals surface area contributed by atoms with Gasteiger partial charge >= 0.3 is 0 Å². The molecular weight excluding hydrogens is 274 g/mol. The number of carbonyl (C=O) groups excluding carboxylic acids is 1. The smallest absolute Gasteiger partial charge is 0.272 e. The molecule has 1 fully saturated rings. The highest BCUT2D eigenvalue weighted by Gasteiger charge is 2.49. The van der Waals surface area contributed by atoms with Gasteiger partial charge in [0.2, 0.25) is 0 Å². The van der Waals surface area contributed by atoms with E-state index in [-0.39, 0.29) is 5.91 Å². The van der Waals surface area contributed by atoms with Crippen LogP contribution in [-0.4, -0.2) is 28.5 Å². The van der Waals surface area contributed by atoms with Crippen molar-refractivity contribution in [2.24, 2.45) is 0 Å². The fourth-order valence-electron chi connectivity index (χ4n) is 3.28. The van der Waals surface area contributed by atoms with Gasteiger partial charge in [-0.1, -0.05) is 23.7 Å². The van der Waals surface area contributed by atoms with Crippen molar-refractivity contribution in [3.63, 3.8) is 0 Å². The molecule has 0 aliphatic carbocycles. The number of benzene rings is 1. The van der Waals surface area contributed by atoms with Crippen molar-refractivity contribution >= 4 is 17.5 Å². The maximum Gasteiger partial charge on any atom is 0.272 e. The average Bonchev–Trinajstić information content (AvgIpc) is 3.07. The minimum Gasteiger partial charge on any atom is -0.339 e. The van der Waals surface area contributed by atoms with Crippen molar-refractivity contribution in [2.75, 3.05) is 13.1 Å². The number of carbonyl (C=O) groups is 1. The van der Waals surface area contributed by atoms with Gasteiger partial charge in [0.25, 0.3) is 5.91 Å². The van der Waals surface area contributed by atoms with Gasteiger partial charge in [-0.3, -0.25) is 10.1 Å². The summed E-state index contributed by atoms with van der Waals surface area (Å²) in [4.78, 5) is 14.6. The summed E-state index contributed by atoms with van der Waals surface area (Å²) >= 11 is 5.98. The van der Waals surface area contributed by atoms with Gasteiger partial charge in [0.05, 0.1) is 6.54 Å². The van der Waals surface area contributed by atoms with Crippen LogP contribution in [0, 0.1) is 0 Å². The fourth-order valence-corrected chi connectivity index (χ4v) is 3.41. The highest BCUT2D eigenvalue weighted by Crippen LogP contribution is 2.36. The third kappa shape index (κ3) is 1.49. The first kappa shape index (κ1) is 12.0. The first-order valence-corrected chi connectivity index (χ1v) is 7.07.